The number of rotatable bonds is 7. The van der Waals surface area contributed by atoms with Gasteiger partial charge in [-0.3, -0.25) is 4.79 Å². The van der Waals surface area contributed by atoms with E-state index in [-0.39, 0.29) is 5.91 Å². The first-order valence-electron chi connectivity index (χ1n) is 7.71. The number of methoxy groups -OCH3 is 2. The molecule has 1 amide bonds. The molecule has 0 unspecified atom stereocenters. The van der Waals surface area contributed by atoms with Gasteiger partial charge in [-0.2, -0.15) is 0 Å². The van der Waals surface area contributed by atoms with Crippen LogP contribution in [0.5, 0.6) is 5.75 Å². The van der Waals surface area contributed by atoms with Crippen molar-refractivity contribution in [3.8, 4) is 5.75 Å². The summed E-state index contributed by atoms with van der Waals surface area (Å²) < 4.78 is 9.93. The Morgan fingerprint density at radius 2 is 1.84 bits per heavy atom. The first kappa shape index (κ1) is 19.3. The third-order valence-electron chi connectivity index (χ3n) is 3.69. The highest BCUT2D eigenvalue weighted by molar-refractivity contribution is 7.99. The lowest BCUT2D eigenvalue weighted by Crippen LogP contribution is -2.14. The lowest BCUT2D eigenvalue weighted by atomic mass is 10.1. The molecule has 134 valence electrons. The minimum Gasteiger partial charge on any atom is -0.497 e. The van der Waals surface area contributed by atoms with Crippen molar-refractivity contribution in [2.75, 3.05) is 25.3 Å². The molecule has 1 heterocycles. The van der Waals surface area contributed by atoms with Gasteiger partial charge in [-0.25, -0.2) is 4.79 Å². The van der Waals surface area contributed by atoms with Crippen LogP contribution >= 0.6 is 23.1 Å². The van der Waals surface area contributed by atoms with E-state index in [4.69, 9.17) is 9.47 Å². The SMILES string of the molecule is COC(=O)c1c(NC(=O)CCSc2ccc(OC)cc2)sc(C)c1C. The van der Waals surface area contributed by atoms with Crippen molar-refractivity contribution >= 4 is 40.0 Å². The summed E-state index contributed by atoms with van der Waals surface area (Å²) in [6.07, 6.45) is 0.354. The summed E-state index contributed by atoms with van der Waals surface area (Å²) >= 11 is 2.99. The number of amides is 1. The second kappa shape index (κ2) is 8.92. The quantitative estimate of drug-likeness (QED) is 0.574. The number of hydrogen-bond acceptors (Lipinski definition) is 6. The Balaban J connectivity index is 1.92. The molecule has 2 aromatic rings. The van der Waals surface area contributed by atoms with Gasteiger partial charge in [-0.15, -0.1) is 23.1 Å². The van der Waals surface area contributed by atoms with Gasteiger partial charge in [0.1, 0.15) is 10.8 Å². The molecule has 0 bridgehead atoms. The van der Waals surface area contributed by atoms with Crippen molar-refractivity contribution in [3.63, 3.8) is 0 Å². The molecule has 0 fully saturated rings. The van der Waals surface area contributed by atoms with Crippen LogP contribution in [0.25, 0.3) is 0 Å². The van der Waals surface area contributed by atoms with E-state index in [2.05, 4.69) is 5.32 Å². The molecule has 0 aliphatic heterocycles. The van der Waals surface area contributed by atoms with E-state index in [1.165, 1.54) is 18.4 Å². The minimum absolute atomic E-state index is 0.118. The average molecular weight is 380 g/mol. The number of esters is 1. The summed E-state index contributed by atoms with van der Waals surface area (Å²) in [6.45, 7) is 3.77. The number of ether oxygens (including phenoxy) is 2. The summed E-state index contributed by atoms with van der Waals surface area (Å²) in [7, 11) is 2.97. The monoisotopic (exact) mass is 379 g/mol. The Bertz CT molecular complexity index is 753. The number of anilines is 1. The molecule has 0 spiro atoms. The van der Waals surface area contributed by atoms with Gasteiger partial charge in [0.2, 0.25) is 5.91 Å². The first-order chi connectivity index (χ1) is 12.0. The molecular weight excluding hydrogens is 358 g/mol. The van der Waals surface area contributed by atoms with Crippen molar-refractivity contribution < 1.29 is 19.1 Å². The lowest BCUT2D eigenvalue weighted by Gasteiger charge is -2.06. The van der Waals surface area contributed by atoms with Crippen LogP contribution in [0.1, 0.15) is 27.2 Å². The normalized spacial score (nSPS) is 10.4. The van der Waals surface area contributed by atoms with Gasteiger partial charge >= 0.3 is 5.97 Å². The van der Waals surface area contributed by atoms with Crippen molar-refractivity contribution in [1.29, 1.82) is 0 Å². The van der Waals surface area contributed by atoms with Crippen LogP contribution in [0, 0.1) is 13.8 Å². The topological polar surface area (TPSA) is 64.6 Å². The fraction of sp³-hybridized carbons (Fsp3) is 0.333. The molecule has 0 aliphatic rings. The zero-order valence-corrected chi connectivity index (χ0v) is 16.3. The van der Waals surface area contributed by atoms with Crippen LogP contribution < -0.4 is 10.1 Å². The highest BCUT2D eigenvalue weighted by Gasteiger charge is 2.21. The van der Waals surface area contributed by atoms with E-state index in [0.717, 1.165) is 21.1 Å². The van der Waals surface area contributed by atoms with Gasteiger partial charge in [0.25, 0.3) is 0 Å². The summed E-state index contributed by atoms with van der Waals surface area (Å²) in [5, 5.41) is 3.39. The minimum atomic E-state index is -0.426. The molecule has 2 rings (SSSR count). The molecule has 1 aromatic heterocycles. The highest BCUT2D eigenvalue weighted by Crippen LogP contribution is 2.33. The van der Waals surface area contributed by atoms with Crippen LogP contribution in [0.4, 0.5) is 5.00 Å². The van der Waals surface area contributed by atoms with E-state index in [0.29, 0.717) is 22.7 Å². The zero-order chi connectivity index (χ0) is 18.4. The van der Waals surface area contributed by atoms with Gasteiger partial charge < -0.3 is 14.8 Å². The van der Waals surface area contributed by atoms with Crippen LogP contribution in [0.15, 0.2) is 29.2 Å². The smallest absolute Gasteiger partial charge is 0.341 e. The number of carbonyl (C=O) groups is 2. The zero-order valence-electron chi connectivity index (χ0n) is 14.7. The third-order valence-corrected chi connectivity index (χ3v) is 5.82. The summed E-state index contributed by atoms with van der Waals surface area (Å²) in [6, 6.07) is 7.70. The molecule has 0 aliphatic carbocycles. The molecule has 0 atom stereocenters. The van der Waals surface area contributed by atoms with Crippen LogP contribution in [0.3, 0.4) is 0 Å². The fourth-order valence-corrected chi connectivity index (χ4v) is 4.10. The van der Waals surface area contributed by atoms with Crippen LogP contribution in [0.2, 0.25) is 0 Å². The van der Waals surface area contributed by atoms with Crippen molar-refractivity contribution in [2.45, 2.75) is 25.2 Å². The molecule has 25 heavy (non-hydrogen) atoms. The van der Waals surface area contributed by atoms with Gasteiger partial charge in [0.15, 0.2) is 0 Å². The summed E-state index contributed by atoms with van der Waals surface area (Å²) in [5.41, 5.74) is 1.29. The number of thioether (sulfide) groups is 1. The van der Waals surface area contributed by atoms with E-state index in [1.807, 2.05) is 38.1 Å². The second-order valence-electron chi connectivity index (χ2n) is 5.30. The predicted molar refractivity (Wildman–Crippen MR) is 102 cm³/mol. The number of thiophene rings is 1. The van der Waals surface area contributed by atoms with Crippen molar-refractivity contribution in [1.82, 2.24) is 0 Å². The molecule has 0 radical (unpaired) electrons. The van der Waals surface area contributed by atoms with Gasteiger partial charge in [-0.05, 0) is 43.7 Å². The Labute approximate surface area is 155 Å². The number of carbonyl (C=O) groups excluding carboxylic acids is 2. The lowest BCUT2D eigenvalue weighted by molar-refractivity contribution is -0.115. The summed E-state index contributed by atoms with van der Waals surface area (Å²) in [4.78, 5) is 26.2. The number of nitrogens with one attached hydrogen (secondary N) is 1. The van der Waals surface area contributed by atoms with Crippen LogP contribution in [-0.4, -0.2) is 31.8 Å². The van der Waals surface area contributed by atoms with E-state index in [9.17, 15) is 9.59 Å². The Kier molecular flexibility index (Phi) is 6.90. The predicted octanol–water partition coefficient (Wildman–Crippen LogP) is 4.28. The molecule has 1 N–H and O–H groups in total. The molecule has 0 saturated heterocycles. The highest BCUT2D eigenvalue weighted by atomic mass is 32.2. The van der Waals surface area contributed by atoms with E-state index >= 15 is 0 Å². The second-order valence-corrected chi connectivity index (χ2v) is 7.69. The number of aryl methyl sites for hydroxylation is 1. The molecule has 5 nitrogen and oxygen atoms in total. The van der Waals surface area contributed by atoms with Gasteiger partial charge in [0, 0.05) is 21.9 Å². The van der Waals surface area contributed by atoms with Gasteiger partial charge in [0.05, 0.1) is 19.8 Å². The third kappa shape index (κ3) is 4.99. The maximum absolute atomic E-state index is 12.2. The standard InChI is InChI=1S/C18H21NO4S2/c1-11-12(2)25-17(16(11)18(21)23-4)19-15(20)9-10-24-14-7-5-13(22-3)6-8-14/h5-8H,9-10H2,1-4H3,(H,19,20). The van der Waals surface area contributed by atoms with Crippen LogP contribution in [-0.2, 0) is 9.53 Å². The Morgan fingerprint density at radius 3 is 2.44 bits per heavy atom. The van der Waals surface area contributed by atoms with Crippen molar-refractivity contribution in [2.24, 2.45) is 0 Å². The van der Waals surface area contributed by atoms with E-state index < -0.39 is 5.97 Å². The number of benzene rings is 1. The van der Waals surface area contributed by atoms with Gasteiger partial charge in [-0.1, -0.05) is 0 Å². The largest absolute Gasteiger partial charge is 0.497 e. The average Bonchev–Trinajstić information content (AvgIpc) is 2.88. The fourth-order valence-electron chi connectivity index (χ4n) is 2.19. The maximum atomic E-state index is 12.2. The maximum Gasteiger partial charge on any atom is 0.341 e. The Morgan fingerprint density at radius 1 is 1.16 bits per heavy atom. The summed E-state index contributed by atoms with van der Waals surface area (Å²) in [5.74, 6) is 0.910. The Hall–Kier alpha value is -1.99. The van der Waals surface area contributed by atoms with Crippen molar-refractivity contribution in [3.05, 3.63) is 40.3 Å². The molecule has 0 saturated carbocycles. The van der Waals surface area contributed by atoms with E-state index in [1.54, 1.807) is 18.9 Å². The molecular formula is C18H21NO4S2. The first-order valence-corrected chi connectivity index (χ1v) is 9.51. The number of hydrogen-bond donors (Lipinski definition) is 1. The molecule has 7 heteroatoms. The molecule has 1 aromatic carbocycles.